The van der Waals surface area contributed by atoms with Gasteiger partial charge in [-0.25, -0.2) is 0 Å². The monoisotopic (exact) mass is 634 g/mol. The fourth-order valence-electron chi connectivity index (χ4n) is 11.9. The molecule has 6 rings (SSSR count). The number of ether oxygens (including phenoxy) is 2. The third kappa shape index (κ3) is 4.54. The minimum Gasteiger partial charge on any atom is -0.481 e. The highest BCUT2D eigenvalue weighted by molar-refractivity contribution is 5.74. The van der Waals surface area contributed by atoms with Gasteiger partial charge in [0.1, 0.15) is 18.3 Å². The van der Waals surface area contributed by atoms with Gasteiger partial charge in [0.25, 0.3) is 0 Å². The number of hydrogen-bond donors (Lipinski definition) is 6. The van der Waals surface area contributed by atoms with Crippen LogP contribution in [0.1, 0.15) is 106 Å². The maximum Gasteiger partial charge on any atom is 0.309 e. The SMILES string of the molecule is CC1OC(OCC2(C)C(O)CC(O)C3(C)C2CCC2(C)C3CC=C3C4CC(C)(C(=O)O)CCC4(C)CCC32C)C(O)C(O)C1O. The van der Waals surface area contributed by atoms with Crippen molar-refractivity contribution in [3.63, 3.8) is 0 Å². The Morgan fingerprint density at radius 2 is 1.56 bits per heavy atom. The first-order valence-electron chi connectivity index (χ1n) is 17.4. The standard InChI is InChI=1S/C36H58O9/c1-19-26(39)27(40)28(41)29(45-19)44-18-33(4)22-10-11-35(6)23(36(22,7)25(38)16-24(33)37)9-8-20-21-17-32(3,30(42)43)13-12-31(21,2)14-15-34(20,35)5/h8,19,21-29,37-41H,9-18H2,1-7H3,(H,42,43). The third-order valence-electron chi connectivity index (χ3n) is 15.6. The van der Waals surface area contributed by atoms with Gasteiger partial charge in [0.05, 0.1) is 30.3 Å². The average molecular weight is 635 g/mol. The van der Waals surface area contributed by atoms with E-state index in [2.05, 4.69) is 33.8 Å². The predicted octanol–water partition coefficient (Wildman–Crippen LogP) is 4.03. The molecule has 1 heterocycles. The van der Waals surface area contributed by atoms with Gasteiger partial charge in [-0.1, -0.05) is 46.3 Å². The van der Waals surface area contributed by atoms with E-state index in [0.29, 0.717) is 6.42 Å². The van der Waals surface area contributed by atoms with Gasteiger partial charge in [-0.3, -0.25) is 4.79 Å². The minimum absolute atomic E-state index is 0.0760. The maximum absolute atomic E-state index is 12.4. The van der Waals surface area contributed by atoms with Crippen LogP contribution < -0.4 is 0 Å². The number of fused-ring (bicyclic) bond motifs is 7. The predicted molar refractivity (Wildman–Crippen MR) is 167 cm³/mol. The molecule has 16 atom stereocenters. The zero-order chi connectivity index (χ0) is 33.1. The van der Waals surface area contributed by atoms with Crippen LogP contribution in [0.4, 0.5) is 0 Å². The molecular weight excluding hydrogens is 576 g/mol. The summed E-state index contributed by atoms with van der Waals surface area (Å²) < 4.78 is 11.9. The molecule has 0 spiro atoms. The summed E-state index contributed by atoms with van der Waals surface area (Å²) in [5.74, 6) is -0.397. The summed E-state index contributed by atoms with van der Waals surface area (Å²) in [6.45, 7) is 15.1. The van der Waals surface area contributed by atoms with Crippen molar-refractivity contribution in [3.05, 3.63) is 11.6 Å². The van der Waals surface area contributed by atoms with Crippen molar-refractivity contribution in [1.82, 2.24) is 0 Å². The van der Waals surface area contributed by atoms with Gasteiger partial charge in [-0.05, 0) is 99.2 Å². The second-order valence-corrected chi connectivity index (χ2v) is 17.7. The summed E-state index contributed by atoms with van der Waals surface area (Å²) in [5.41, 5.74) is -0.686. The lowest BCUT2D eigenvalue weighted by atomic mass is 9.33. The van der Waals surface area contributed by atoms with Gasteiger partial charge in [0.15, 0.2) is 6.29 Å². The molecule has 16 unspecified atom stereocenters. The average Bonchev–Trinajstić information content (AvgIpc) is 2.97. The van der Waals surface area contributed by atoms with Crippen LogP contribution in [0.25, 0.3) is 0 Å². The van der Waals surface area contributed by atoms with Gasteiger partial charge in [-0.2, -0.15) is 0 Å². The molecule has 6 aliphatic rings. The Morgan fingerprint density at radius 3 is 2.22 bits per heavy atom. The third-order valence-corrected chi connectivity index (χ3v) is 15.6. The van der Waals surface area contributed by atoms with E-state index in [-0.39, 0.29) is 47.0 Å². The largest absolute Gasteiger partial charge is 0.481 e. The van der Waals surface area contributed by atoms with E-state index in [1.165, 1.54) is 5.57 Å². The number of carboxylic acids is 1. The van der Waals surface area contributed by atoms with Crippen LogP contribution in [0.15, 0.2) is 11.6 Å². The second kappa shape index (κ2) is 10.7. The normalized spacial score (nSPS) is 57.9. The molecule has 9 nitrogen and oxygen atoms in total. The van der Waals surface area contributed by atoms with Crippen molar-refractivity contribution in [1.29, 1.82) is 0 Å². The van der Waals surface area contributed by atoms with Crippen LogP contribution >= 0.6 is 0 Å². The number of rotatable bonds is 4. The van der Waals surface area contributed by atoms with E-state index < -0.39 is 65.1 Å². The summed E-state index contributed by atoms with van der Waals surface area (Å²) in [5, 5.41) is 64.7. The molecule has 1 saturated heterocycles. The molecule has 1 aliphatic heterocycles. The highest BCUT2D eigenvalue weighted by Crippen LogP contribution is 2.75. The number of allylic oxidation sites excluding steroid dienone is 2. The van der Waals surface area contributed by atoms with Crippen molar-refractivity contribution in [3.8, 4) is 0 Å². The van der Waals surface area contributed by atoms with E-state index in [1.807, 2.05) is 13.8 Å². The zero-order valence-electron chi connectivity index (χ0n) is 28.3. The Kier molecular flexibility index (Phi) is 8.05. The van der Waals surface area contributed by atoms with E-state index in [1.54, 1.807) is 6.92 Å². The number of carboxylic acid groups (broad SMARTS) is 1. The smallest absolute Gasteiger partial charge is 0.309 e. The summed E-state index contributed by atoms with van der Waals surface area (Å²) in [6, 6.07) is 0. The molecule has 0 bridgehead atoms. The Hall–Kier alpha value is -1.07. The lowest BCUT2D eigenvalue weighted by Gasteiger charge is -2.72. The van der Waals surface area contributed by atoms with Gasteiger partial charge in [0, 0.05) is 17.3 Å². The van der Waals surface area contributed by atoms with E-state index in [4.69, 9.17) is 9.47 Å². The molecule has 0 amide bonds. The summed E-state index contributed by atoms with van der Waals surface area (Å²) >= 11 is 0. The number of aliphatic carboxylic acids is 1. The molecular formula is C36H58O9. The van der Waals surface area contributed by atoms with Crippen LogP contribution in [0.3, 0.4) is 0 Å². The van der Waals surface area contributed by atoms with Crippen LogP contribution in [-0.4, -0.2) is 86.1 Å². The molecule has 0 aromatic heterocycles. The van der Waals surface area contributed by atoms with Gasteiger partial charge < -0.3 is 40.1 Å². The number of aliphatic hydroxyl groups excluding tert-OH is 5. The quantitative estimate of drug-likeness (QED) is 0.251. The molecule has 256 valence electrons. The van der Waals surface area contributed by atoms with Gasteiger partial charge >= 0.3 is 5.97 Å². The Bertz CT molecular complexity index is 1220. The van der Waals surface area contributed by atoms with Crippen LogP contribution in [-0.2, 0) is 14.3 Å². The lowest BCUT2D eigenvalue weighted by molar-refractivity contribution is -0.314. The minimum atomic E-state index is -1.42. The van der Waals surface area contributed by atoms with E-state index in [0.717, 1.165) is 44.9 Å². The first-order valence-corrected chi connectivity index (χ1v) is 17.4. The van der Waals surface area contributed by atoms with Gasteiger partial charge in [0.2, 0.25) is 0 Å². The topological polar surface area (TPSA) is 157 Å². The molecule has 0 aromatic carbocycles. The molecule has 9 heteroatoms. The Labute approximate surface area is 268 Å². The second-order valence-electron chi connectivity index (χ2n) is 17.7. The Balaban J connectivity index is 1.32. The highest BCUT2D eigenvalue weighted by Gasteiger charge is 2.70. The van der Waals surface area contributed by atoms with Crippen molar-refractivity contribution in [2.24, 2.45) is 50.2 Å². The van der Waals surface area contributed by atoms with E-state index in [9.17, 15) is 35.4 Å². The van der Waals surface area contributed by atoms with Crippen molar-refractivity contribution < 1.29 is 44.9 Å². The fourth-order valence-corrected chi connectivity index (χ4v) is 11.9. The molecule has 0 radical (unpaired) electrons. The van der Waals surface area contributed by atoms with Crippen LogP contribution in [0.5, 0.6) is 0 Å². The van der Waals surface area contributed by atoms with Crippen LogP contribution in [0.2, 0.25) is 0 Å². The lowest BCUT2D eigenvalue weighted by Crippen LogP contribution is -2.69. The molecule has 5 aliphatic carbocycles. The van der Waals surface area contributed by atoms with Crippen molar-refractivity contribution in [2.75, 3.05) is 6.61 Å². The van der Waals surface area contributed by atoms with E-state index >= 15 is 0 Å². The van der Waals surface area contributed by atoms with Gasteiger partial charge in [-0.15, -0.1) is 0 Å². The Morgan fingerprint density at radius 1 is 0.889 bits per heavy atom. The summed E-state index contributed by atoms with van der Waals surface area (Å²) in [7, 11) is 0. The maximum atomic E-state index is 12.4. The summed E-state index contributed by atoms with van der Waals surface area (Å²) in [6.07, 6.45) is 2.15. The first kappa shape index (κ1) is 33.8. The highest BCUT2D eigenvalue weighted by atomic mass is 16.7. The number of hydrogen-bond acceptors (Lipinski definition) is 8. The molecule has 0 aromatic rings. The number of carbonyl (C=O) groups is 1. The molecule has 5 fully saturated rings. The first-order chi connectivity index (χ1) is 20.8. The molecule has 45 heavy (non-hydrogen) atoms. The number of aliphatic hydroxyl groups is 5. The van der Waals surface area contributed by atoms with Crippen molar-refractivity contribution in [2.45, 2.75) is 149 Å². The molecule has 4 saturated carbocycles. The summed E-state index contributed by atoms with van der Waals surface area (Å²) in [4.78, 5) is 12.4. The fraction of sp³-hybridized carbons (Fsp3) is 0.917. The van der Waals surface area contributed by atoms with Crippen LogP contribution in [0, 0.1) is 50.2 Å². The van der Waals surface area contributed by atoms with Crippen molar-refractivity contribution >= 4 is 5.97 Å². The molecule has 6 N–H and O–H groups in total. The zero-order valence-corrected chi connectivity index (χ0v) is 28.3.